The molecule has 1 saturated heterocycles. The molecule has 2 rings (SSSR count). The molecule has 2 nitrogen and oxygen atoms in total. The van der Waals surface area contributed by atoms with Gasteiger partial charge in [-0.1, -0.05) is 43.7 Å². The summed E-state index contributed by atoms with van der Waals surface area (Å²) in [4.78, 5) is 2.36. The Hall–Kier alpha value is -1.33. The van der Waals surface area contributed by atoms with Crippen LogP contribution in [0.1, 0.15) is 44.1 Å². The van der Waals surface area contributed by atoms with E-state index in [0.29, 0.717) is 5.92 Å². The average Bonchev–Trinajstić information content (AvgIpc) is 2.46. The topological polar surface area (TPSA) is 27.0 Å². The quantitative estimate of drug-likeness (QED) is 0.807. The Balaban J connectivity index is 1.96. The van der Waals surface area contributed by atoms with Crippen LogP contribution in [-0.2, 0) is 0 Å². The molecule has 1 aliphatic rings. The second-order valence-electron chi connectivity index (χ2n) is 5.29. The van der Waals surface area contributed by atoms with Gasteiger partial charge in [-0.2, -0.15) is 5.26 Å². The molecule has 2 heteroatoms. The van der Waals surface area contributed by atoms with E-state index in [1.54, 1.807) is 0 Å². The van der Waals surface area contributed by atoms with Crippen LogP contribution in [-0.4, -0.2) is 24.0 Å². The Morgan fingerprint density at radius 1 is 1.17 bits per heavy atom. The molecule has 0 N–H and O–H groups in total. The minimum atomic E-state index is 0.0838. The van der Waals surface area contributed by atoms with Crippen LogP contribution in [0.2, 0.25) is 0 Å². The molecule has 1 fully saturated rings. The van der Waals surface area contributed by atoms with E-state index in [1.165, 1.54) is 24.8 Å². The van der Waals surface area contributed by atoms with Crippen molar-refractivity contribution in [3.05, 3.63) is 35.9 Å². The summed E-state index contributed by atoms with van der Waals surface area (Å²) in [5, 5.41) is 9.38. The highest BCUT2D eigenvalue weighted by Gasteiger charge is 2.22. The van der Waals surface area contributed by atoms with Crippen molar-refractivity contribution >= 4 is 0 Å². The summed E-state index contributed by atoms with van der Waals surface area (Å²) in [6.07, 6.45) is 4.76. The van der Waals surface area contributed by atoms with Crippen molar-refractivity contribution in [2.45, 2.75) is 44.6 Å². The zero-order chi connectivity index (χ0) is 12.8. The minimum Gasteiger partial charge on any atom is -0.288 e. The van der Waals surface area contributed by atoms with Gasteiger partial charge in [-0.3, -0.25) is 4.90 Å². The van der Waals surface area contributed by atoms with Crippen LogP contribution >= 0.6 is 0 Å². The average molecular weight is 242 g/mol. The molecule has 1 aliphatic heterocycles. The molecule has 1 aromatic carbocycles. The van der Waals surface area contributed by atoms with E-state index in [9.17, 15) is 5.26 Å². The normalized spacial score (nSPS) is 20.0. The van der Waals surface area contributed by atoms with Gasteiger partial charge in [-0.25, -0.2) is 0 Å². The lowest BCUT2D eigenvalue weighted by Crippen LogP contribution is -2.39. The Kier molecular flexibility index (Phi) is 4.78. The van der Waals surface area contributed by atoms with E-state index in [2.05, 4.69) is 42.2 Å². The van der Waals surface area contributed by atoms with Crippen LogP contribution in [0, 0.1) is 11.3 Å². The molecule has 1 heterocycles. The van der Waals surface area contributed by atoms with Crippen LogP contribution < -0.4 is 0 Å². The fourth-order valence-electron chi connectivity index (χ4n) is 2.77. The summed E-state index contributed by atoms with van der Waals surface area (Å²) in [5.74, 6) is 0.456. The second kappa shape index (κ2) is 6.56. The number of rotatable bonds is 4. The van der Waals surface area contributed by atoms with Gasteiger partial charge in [0.15, 0.2) is 0 Å². The largest absolute Gasteiger partial charge is 0.288 e. The van der Waals surface area contributed by atoms with Crippen molar-refractivity contribution in [1.29, 1.82) is 5.26 Å². The van der Waals surface area contributed by atoms with Crippen LogP contribution in [0.3, 0.4) is 0 Å². The van der Waals surface area contributed by atoms with Crippen LogP contribution in [0.4, 0.5) is 0 Å². The smallest absolute Gasteiger partial charge is 0.0983 e. The van der Waals surface area contributed by atoms with E-state index in [0.717, 1.165) is 19.5 Å². The predicted octanol–water partition coefficient (Wildman–Crippen LogP) is 3.56. The van der Waals surface area contributed by atoms with Gasteiger partial charge in [-0.15, -0.1) is 0 Å². The van der Waals surface area contributed by atoms with Crippen molar-refractivity contribution < 1.29 is 0 Å². The lowest BCUT2D eigenvalue weighted by molar-refractivity contribution is 0.183. The van der Waals surface area contributed by atoms with Crippen molar-refractivity contribution in [2.24, 2.45) is 0 Å². The van der Waals surface area contributed by atoms with Crippen molar-refractivity contribution in [2.75, 3.05) is 13.1 Å². The van der Waals surface area contributed by atoms with Crippen molar-refractivity contribution in [3.8, 4) is 6.07 Å². The molecule has 18 heavy (non-hydrogen) atoms. The zero-order valence-electron chi connectivity index (χ0n) is 11.2. The summed E-state index contributed by atoms with van der Waals surface area (Å²) in [5.41, 5.74) is 1.34. The number of nitriles is 1. The molecule has 0 spiro atoms. The highest BCUT2D eigenvalue weighted by Crippen LogP contribution is 2.24. The summed E-state index contributed by atoms with van der Waals surface area (Å²) < 4.78 is 0. The first-order valence-corrected chi connectivity index (χ1v) is 7.00. The van der Waals surface area contributed by atoms with Gasteiger partial charge in [-0.05, 0) is 43.8 Å². The van der Waals surface area contributed by atoms with E-state index in [-0.39, 0.29) is 6.04 Å². The highest BCUT2D eigenvalue weighted by molar-refractivity contribution is 5.19. The maximum absolute atomic E-state index is 9.38. The highest BCUT2D eigenvalue weighted by atomic mass is 15.2. The molecule has 0 aromatic heterocycles. The molecule has 0 amide bonds. The summed E-state index contributed by atoms with van der Waals surface area (Å²) in [6, 6.07) is 13.1. The van der Waals surface area contributed by atoms with Gasteiger partial charge in [0.05, 0.1) is 12.1 Å². The lowest BCUT2D eigenvalue weighted by Gasteiger charge is -2.31. The van der Waals surface area contributed by atoms with Gasteiger partial charge in [0.2, 0.25) is 0 Å². The molecular formula is C16H22N2. The lowest BCUT2D eigenvalue weighted by atomic mass is 9.93. The van der Waals surface area contributed by atoms with Gasteiger partial charge in [0.25, 0.3) is 0 Å². The fraction of sp³-hybridized carbons (Fsp3) is 0.562. The number of piperidine rings is 1. The number of likely N-dealkylation sites (tertiary alicyclic amines) is 1. The van der Waals surface area contributed by atoms with Crippen molar-refractivity contribution in [3.63, 3.8) is 0 Å². The van der Waals surface area contributed by atoms with E-state index in [1.807, 2.05) is 6.07 Å². The zero-order valence-corrected chi connectivity index (χ0v) is 11.2. The molecule has 0 radical (unpaired) electrons. The molecule has 2 unspecified atom stereocenters. The van der Waals surface area contributed by atoms with Crippen LogP contribution in [0.15, 0.2) is 30.3 Å². The third-order valence-corrected chi connectivity index (χ3v) is 3.93. The third-order valence-electron chi connectivity index (χ3n) is 3.93. The SMILES string of the molecule is CC(CC(C#N)N1CCCCC1)c1ccccc1. The Bertz CT molecular complexity index is 387. The van der Waals surface area contributed by atoms with Gasteiger partial charge >= 0.3 is 0 Å². The third kappa shape index (κ3) is 3.34. The number of benzene rings is 1. The van der Waals surface area contributed by atoms with Gasteiger partial charge < -0.3 is 0 Å². The number of nitrogens with zero attached hydrogens (tertiary/aromatic N) is 2. The predicted molar refractivity (Wildman–Crippen MR) is 74.3 cm³/mol. The molecule has 96 valence electrons. The number of hydrogen-bond donors (Lipinski definition) is 0. The van der Waals surface area contributed by atoms with E-state index in [4.69, 9.17) is 0 Å². The molecule has 0 bridgehead atoms. The van der Waals surface area contributed by atoms with Crippen LogP contribution in [0.25, 0.3) is 0 Å². The van der Waals surface area contributed by atoms with Crippen LogP contribution in [0.5, 0.6) is 0 Å². The van der Waals surface area contributed by atoms with Gasteiger partial charge in [0.1, 0.15) is 0 Å². The summed E-state index contributed by atoms with van der Waals surface area (Å²) >= 11 is 0. The van der Waals surface area contributed by atoms with Gasteiger partial charge in [0, 0.05) is 0 Å². The molecule has 2 atom stereocenters. The second-order valence-corrected chi connectivity index (χ2v) is 5.29. The molecule has 0 saturated carbocycles. The maximum atomic E-state index is 9.38. The van der Waals surface area contributed by atoms with E-state index >= 15 is 0 Å². The first-order valence-electron chi connectivity index (χ1n) is 7.00. The first-order chi connectivity index (χ1) is 8.81. The Morgan fingerprint density at radius 3 is 2.44 bits per heavy atom. The number of hydrogen-bond acceptors (Lipinski definition) is 2. The van der Waals surface area contributed by atoms with Crippen molar-refractivity contribution in [1.82, 2.24) is 4.90 Å². The monoisotopic (exact) mass is 242 g/mol. The molecular weight excluding hydrogens is 220 g/mol. The first kappa shape index (κ1) is 13.1. The molecule has 0 aliphatic carbocycles. The fourth-order valence-corrected chi connectivity index (χ4v) is 2.77. The molecule has 1 aromatic rings. The summed E-state index contributed by atoms with van der Waals surface area (Å²) in [6.45, 7) is 4.42. The Morgan fingerprint density at radius 2 is 1.83 bits per heavy atom. The van der Waals surface area contributed by atoms with E-state index < -0.39 is 0 Å². The maximum Gasteiger partial charge on any atom is 0.0983 e. The standard InChI is InChI=1S/C16H22N2/c1-14(15-8-4-2-5-9-15)12-16(13-17)18-10-6-3-7-11-18/h2,4-5,8-9,14,16H,3,6-7,10-12H2,1H3. The minimum absolute atomic E-state index is 0.0838. The summed E-state index contributed by atoms with van der Waals surface area (Å²) in [7, 11) is 0. The Labute approximate surface area is 110 Å².